The van der Waals surface area contributed by atoms with Gasteiger partial charge < -0.3 is 15.4 Å². The number of hydrogen-bond donors (Lipinski definition) is 1. The fourth-order valence-electron chi connectivity index (χ4n) is 2.70. The number of hydrogen-bond acceptors (Lipinski definition) is 5. The summed E-state index contributed by atoms with van der Waals surface area (Å²) in [4.78, 5) is 25.3. The van der Waals surface area contributed by atoms with Crippen molar-refractivity contribution >= 4 is 27.3 Å². The molecule has 0 radical (unpaired) electrons. The predicted octanol–water partition coefficient (Wildman–Crippen LogP) is 1.94. The number of ether oxygens (including phenoxy) is 1. The SMILES string of the molecule is CC(C)N(C(=O)COc1ccc(CC(N)=O)cc1)c1ccc(S(C)(=O)=O)cc1. The Morgan fingerprint density at radius 1 is 1.04 bits per heavy atom. The molecule has 2 amide bonds. The number of benzene rings is 2. The minimum atomic E-state index is -3.30. The molecule has 0 fully saturated rings. The maximum Gasteiger partial charge on any atom is 0.265 e. The third kappa shape index (κ3) is 5.82. The van der Waals surface area contributed by atoms with E-state index in [9.17, 15) is 18.0 Å². The monoisotopic (exact) mass is 404 g/mol. The van der Waals surface area contributed by atoms with Crippen molar-refractivity contribution in [2.45, 2.75) is 31.2 Å². The number of rotatable bonds is 8. The summed E-state index contributed by atoms with van der Waals surface area (Å²) in [7, 11) is -3.30. The van der Waals surface area contributed by atoms with Crippen LogP contribution in [-0.2, 0) is 25.8 Å². The molecular formula is C20H24N2O5S. The van der Waals surface area contributed by atoms with Crippen molar-refractivity contribution in [3.05, 3.63) is 54.1 Å². The zero-order valence-electron chi connectivity index (χ0n) is 16.1. The van der Waals surface area contributed by atoms with Crippen molar-refractivity contribution in [3.63, 3.8) is 0 Å². The molecule has 8 heteroatoms. The number of sulfone groups is 1. The van der Waals surface area contributed by atoms with Gasteiger partial charge in [-0.1, -0.05) is 12.1 Å². The molecule has 2 aromatic rings. The molecule has 0 atom stereocenters. The van der Waals surface area contributed by atoms with E-state index in [0.717, 1.165) is 11.8 Å². The maximum atomic E-state index is 12.7. The van der Waals surface area contributed by atoms with Crippen molar-refractivity contribution in [1.29, 1.82) is 0 Å². The quantitative estimate of drug-likeness (QED) is 0.724. The van der Waals surface area contributed by atoms with Gasteiger partial charge in [0.05, 0.1) is 11.3 Å². The maximum absolute atomic E-state index is 12.7. The molecule has 0 unspecified atom stereocenters. The van der Waals surface area contributed by atoms with Gasteiger partial charge in [0.25, 0.3) is 5.91 Å². The van der Waals surface area contributed by atoms with Crippen LogP contribution >= 0.6 is 0 Å². The van der Waals surface area contributed by atoms with E-state index in [1.807, 2.05) is 13.8 Å². The first kappa shape index (κ1) is 21.4. The first-order valence-corrected chi connectivity index (χ1v) is 10.6. The molecular weight excluding hydrogens is 380 g/mol. The second-order valence-electron chi connectivity index (χ2n) is 6.70. The predicted molar refractivity (Wildman–Crippen MR) is 107 cm³/mol. The van der Waals surface area contributed by atoms with Gasteiger partial charge in [-0.2, -0.15) is 0 Å². The van der Waals surface area contributed by atoms with Crippen LogP contribution in [0.1, 0.15) is 19.4 Å². The van der Waals surface area contributed by atoms with Crippen molar-refractivity contribution in [1.82, 2.24) is 0 Å². The number of carbonyl (C=O) groups excluding carboxylic acids is 2. The third-order valence-corrected chi connectivity index (χ3v) is 5.12. The molecule has 0 aliphatic carbocycles. The molecule has 2 aromatic carbocycles. The van der Waals surface area contributed by atoms with Crippen LogP contribution in [0.5, 0.6) is 5.75 Å². The summed E-state index contributed by atoms with van der Waals surface area (Å²) in [6.45, 7) is 3.54. The Hall–Kier alpha value is -2.87. The molecule has 2 N–H and O–H groups in total. The van der Waals surface area contributed by atoms with E-state index in [4.69, 9.17) is 10.5 Å². The minimum Gasteiger partial charge on any atom is -0.484 e. The van der Waals surface area contributed by atoms with Crippen LogP contribution < -0.4 is 15.4 Å². The van der Waals surface area contributed by atoms with Crippen LogP contribution in [0.3, 0.4) is 0 Å². The minimum absolute atomic E-state index is 0.141. The van der Waals surface area contributed by atoms with Gasteiger partial charge in [-0.25, -0.2) is 8.42 Å². The molecule has 0 spiro atoms. The van der Waals surface area contributed by atoms with E-state index < -0.39 is 15.7 Å². The second kappa shape index (κ2) is 8.88. The van der Waals surface area contributed by atoms with Crippen LogP contribution in [0.2, 0.25) is 0 Å². The summed E-state index contributed by atoms with van der Waals surface area (Å²) in [5, 5.41) is 0. The molecule has 7 nitrogen and oxygen atoms in total. The zero-order valence-corrected chi connectivity index (χ0v) is 16.9. The average Bonchev–Trinajstić information content (AvgIpc) is 2.60. The summed E-state index contributed by atoms with van der Waals surface area (Å²) in [6.07, 6.45) is 1.28. The highest BCUT2D eigenvalue weighted by Gasteiger charge is 2.20. The van der Waals surface area contributed by atoms with Gasteiger partial charge in [0.1, 0.15) is 5.75 Å². The van der Waals surface area contributed by atoms with Crippen LogP contribution in [-0.4, -0.2) is 39.1 Å². The zero-order chi connectivity index (χ0) is 20.9. The first-order valence-electron chi connectivity index (χ1n) is 8.70. The lowest BCUT2D eigenvalue weighted by atomic mass is 10.1. The lowest BCUT2D eigenvalue weighted by molar-refractivity contribution is -0.121. The van der Waals surface area contributed by atoms with E-state index in [-0.39, 0.29) is 29.9 Å². The summed E-state index contributed by atoms with van der Waals surface area (Å²) in [5.74, 6) is -0.181. The number of carbonyl (C=O) groups is 2. The van der Waals surface area contributed by atoms with Crippen molar-refractivity contribution < 1.29 is 22.7 Å². The summed E-state index contributed by atoms with van der Waals surface area (Å²) >= 11 is 0. The average molecular weight is 404 g/mol. The Morgan fingerprint density at radius 3 is 2.07 bits per heavy atom. The number of anilines is 1. The summed E-state index contributed by atoms with van der Waals surface area (Å²) in [5.41, 5.74) is 6.51. The number of nitrogens with two attached hydrogens (primary N) is 1. The first-order chi connectivity index (χ1) is 13.1. The number of nitrogens with zero attached hydrogens (tertiary/aromatic N) is 1. The molecule has 0 aliphatic heterocycles. The molecule has 2 rings (SSSR count). The van der Waals surface area contributed by atoms with E-state index in [2.05, 4.69) is 0 Å². The standard InChI is InChI=1S/C20H24N2O5S/c1-14(2)22(16-6-10-18(11-7-16)28(3,25)26)20(24)13-27-17-8-4-15(5-9-17)12-19(21)23/h4-11,14H,12-13H2,1-3H3,(H2,21,23). The second-order valence-corrected chi connectivity index (χ2v) is 8.72. The van der Waals surface area contributed by atoms with Crippen molar-refractivity contribution in [3.8, 4) is 5.75 Å². The highest BCUT2D eigenvalue weighted by Crippen LogP contribution is 2.21. The molecule has 0 heterocycles. The fourth-order valence-corrected chi connectivity index (χ4v) is 3.33. The molecule has 0 aliphatic rings. The molecule has 0 bridgehead atoms. The van der Waals surface area contributed by atoms with Gasteiger partial charge in [-0.3, -0.25) is 9.59 Å². The van der Waals surface area contributed by atoms with E-state index >= 15 is 0 Å². The molecule has 28 heavy (non-hydrogen) atoms. The van der Waals surface area contributed by atoms with Crippen molar-refractivity contribution in [2.24, 2.45) is 5.73 Å². The lowest BCUT2D eigenvalue weighted by Gasteiger charge is -2.27. The Labute approximate surface area is 165 Å². The molecule has 0 saturated carbocycles. The van der Waals surface area contributed by atoms with Gasteiger partial charge in [-0.05, 0) is 55.8 Å². The van der Waals surface area contributed by atoms with E-state index in [0.29, 0.717) is 11.4 Å². The van der Waals surface area contributed by atoms with E-state index in [1.54, 1.807) is 41.3 Å². The van der Waals surface area contributed by atoms with E-state index in [1.165, 1.54) is 12.1 Å². The van der Waals surface area contributed by atoms with Crippen LogP contribution in [0.25, 0.3) is 0 Å². The van der Waals surface area contributed by atoms with Crippen molar-refractivity contribution in [2.75, 3.05) is 17.8 Å². The van der Waals surface area contributed by atoms with Gasteiger partial charge in [0.2, 0.25) is 5.91 Å². The Balaban J connectivity index is 2.08. The normalized spacial score (nSPS) is 11.3. The summed E-state index contributed by atoms with van der Waals surface area (Å²) < 4.78 is 28.8. The highest BCUT2D eigenvalue weighted by atomic mass is 32.2. The Bertz CT molecular complexity index is 936. The molecule has 0 aromatic heterocycles. The Kier molecular flexibility index (Phi) is 6.80. The van der Waals surface area contributed by atoms with Gasteiger partial charge in [0, 0.05) is 18.0 Å². The fraction of sp³-hybridized carbons (Fsp3) is 0.300. The topological polar surface area (TPSA) is 107 Å². The smallest absolute Gasteiger partial charge is 0.265 e. The molecule has 150 valence electrons. The summed E-state index contributed by atoms with van der Waals surface area (Å²) in [6, 6.07) is 12.8. The number of amides is 2. The van der Waals surface area contributed by atoms with Crippen LogP contribution in [0, 0.1) is 0 Å². The Morgan fingerprint density at radius 2 is 1.61 bits per heavy atom. The lowest BCUT2D eigenvalue weighted by Crippen LogP contribution is -2.40. The third-order valence-electron chi connectivity index (χ3n) is 3.99. The molecule has 0 saturated heterocycles. The highest BCUT2D eigenvalue weighted by molar-refractivity contribution is 7.90. The van der Waals surface area contributed by atoms with Gasteiger partial charge in [-0.15, -0.1) is 0 Å². The largest absolute Gasteiger partial charge is 0.484 e. The van der Waals surface area contributed by atoms with Gasteiger partial charge in [0.15, 0.2) is 16.4 Å². The van der Waals surface area contributed by atoms with Gasteiger partial charge >= 0.3 is 0 Å². The van der Waals surface area contributed by atoms with Crippen LogP contribution in [0.4, 0.5) is 5.69 Å². The van der Waals surface area contributed by atoms with Crippen LogP contribution in [0.15, 0.2) is 53.4 Å². The number of primary amides is 1.